The average Bonchev–Trinajstić information content (AvgIpc) is 2.25. The van der Waals surface area contributed by atoms with E-state index >= 15 is 0 Å². The van der Waals surface area contributed by atoms with Crippen LogP contribution in [0.4, 0.5) is 8.78 Å². The lowest BCUT2D eigenvalue weighted by atomic mass is 10.2. The van der Waals surface area contributed by atoms with Crippen LogP contribution in [0, 0.1) is 11.3 Å². The Morgan fingerprint density at radius 1 is 1.59 bits per heavy atom. The van der Waals surface area contributed by atoms with E-state index < -0.39 is 31.6 Å². The van der Waals surface area contributed by atoms with Crippen molar-refractivity contribution >= 4 is 19.7 Å². The summed E-state index contributed by atoms with van der Waals surface area (Å²) in [5.41, 5.74) is -1.66. The van der Waals surface area contributed by atoms with E-state index in [0.717, 1.165) is 13.3 Å². The molecule has 0 aliphatic carbocycles. The summed E-state index contributed by atoms with van der Waals surface area (Å²) < 4.78 is 52.2. The van der Waals surface area contributed by atoms with Crippen molar-refractivity contribution in [3.63, 3.8) is 0 Å². The summed E-state index contributed by atoms with van der Waals surface area (Å²) in [6.07, 6.45) is -2.33. The van der Waals surface area contributed by atoms with E-state index in [-0.39, 0.29) is 5.75 Å². The number of pyridine rings is 1. The molecule has 0 amide bonds. The molecule has 0 aliphatic heterocycles. The van der Waals surface area contributed by atoms with Crippen molar-refractivity contribution in [2.24, 2.45) is 0 Å². The van der Waals surface area contributed by atoms with Crippen LogP contribution < -0.4 is 4.74 Å². The first kappa shape index (κ1) is 13.6. The first-order valence-corrected chi connectivity index (χ1v) is 6.33. The second kappa shape index (κ2) is 4.81. The maximum atomic E-state index is 12.6. The van der Waals surface area contributed by atoms with Crippen LogP contribution in [0.1, 0.15) is 17.7 Å². The summed E-state index contributed by atoms with van der Waals surface area (Å²) in [7, 11) is 1.63. The highest BCUT2D eigenvalue weighted by molar-refractivity contribution is 8.13. The number of aromatic nitrogens is 1. The zero-order chi connectivity index (χ0) is 13.2. The highest BCUT2D eigenvalue weighted by Gasteiger charge is 2.29. The Labute approximate surface area is 100 Å². The SMILES string of the molecule is COc1cnc(C(F)F)c(S(=O)(=O)Cl)c1C#N. The number of ether oxygens (including phenoxy) is 1. The molecule has 1 rings (SSSR count). The molecule has 1 heterocycles. The molecule has 0 saturated heterocycles. The number of alkyl halides is 2. The molecule has 0 N–H and O–H groups in total. The van der Waals surface area contributed by atoms with Gasteiger partial charge in [-0.25, -0.2) is 22.2 Å². The van der Waals surface area contributed by atoms with E-state index in [4.69, 9.17) is 15.9 Å². The van der Waals surface area contributed by atoms with Gasteiger partial charge in [-0.1, -0.05) is 0 Å². The molecule has 1 aromatic heterocycles. The Bertz CT molecular complexity index is 583. The maximum absolute atomic E-state index is 12.6. The number of halogens is 3. The molecule has 0 unspecified atom stereocenters. The molecule has 17 heavy (non-hydrogen) atoms. The van der Waals surface area contributed by atoms with Crippen LogP contribution in [-0.2, 0) is 9.05 Å². The van der Waals surface area contributed by atoms with Gasteiger partial charge in [0, 0.05) is 10.7 Å². The van der Waals surface area contributed by atoms with Gasteiger partial charge in [0.25, 0.3) is 15.5 Å². The molecule has 0 bridgehead atoms. The van der Waals surface area contributed by atoms with Crippen molar-refractivity contribution in [1.29, 1.82) is 5.26 Å². The van der Waals surface area contributed by atoms with Gasteiger partial charge in [-0.05, 0) is 0 Å². The molecular weight excluding hydrogens is 278 g/mol. The van der Waals surface area contributed by atoms with Crippen molar-refractivity contribution in [1.82, 2.24) is 4.98 Å². The lowest BCUT2D eigenvalue weighted by Crippen LogP contribution is -2.06. The summed E-state index contributed by atoms with van der Waals surface area (Å²) in [6.45, 7) is 0. The van der Waals surface area contributed by atoms with E-state index in [1.807, 2.05) is 0 Å². The van der Waals surface area contributed by atoms with Gasteiger partial charge in [-0.15, -0.1) is 0 Å². The monoisotopic (exact) mass is 282 g/mol. The van der Waals surface area contributed by atoms with Gasteiger partial charge in [0.05, 0.1) is 13.3 Å². The van der Waals surface area contributed by atoms with Gasteiger partial charge in [0.2, 0.25) is 0 Å². The molecule has 9 heteroatoms. The molecule has 0 saturated carbocycles. The normalized spacial score (nSPS) is 11.3. The predicted molar refractivity (Wildman–Crippen MR) is 53.5 cm³/mol. The second-order valence-corrected chi connectivity index (χ2v) is 5.27. The first-order chi connectivity index (χ1) is 7.82. The number of nitriles is 1. The third kappa shape index (κ3) is 2.62. The van der Waals surface area contributed by atoms with E-state index in [2.05, 4.69) is 9.72 Å². The average molecular weight is 283 g/mol. The molecule has 92 valence electrons. The summed E-state index contributed by atoms with van der Waals surface area (Å²) in [5.74, 6) is -0.240. The molecule has 1 aromatic rings. The molecule has 0 atom stereocenters. The van der Waals surface area contributed by atoms with Gasteiger partial charge in [-0.2, -0.15) is 5.26 Å². The molecule has 0 aromatic carbocycles. The van der Waals surface area contributed by atoms with Crippen LogP contribution in [0.25, 0.3) is 0 Å². The Hall–Kier alpha value is -1.46. The Kier molecular flexibility index (Phi) is 3.85. The van der Waals surface area contributed by atoms with Crippen molar-refractivity contribution < 1.29 is 21.9 Å². The number of hydrogen-bond acceptors (Lipinski definition) is 5. The third-order valence-electron chi connectivity index (χ3n) is 1.81. The van der Waals surface area contributed by atoms with E-state index in [9.17, 15) is 17.2 Å². The Morgan fingerprint density at radius 3 is 2.53 bits per heavy atom. The Balaban J connectivity index is 3.77. The summed E-state index contributed by atoms with van der Waals surface area (Å²) in [6, 6.07) is 1.45. The van der Waals surface area contributed by atoms with Crippen molar-refractivity contribution in [3.05, 3.63) is 17.5 Å². The minimum absolute atomic E-state index is 0.240. The molecule has 0 radical (unpaired) electrons. The van der Waals surface area contributed by atoms with Gasteiger partial charge in [0.15, 0.2) is 5.75 Å². The number of rotatable bonds is 3. The van der Waals surface area contributed by atoms with Crippen LogP contribution in [0.3, 0.4) is 0 Å². The fourth-order valence-electron chi connectivity index (χ4n) is 1.15. The molecule has 0 fully saturated rings. The van der Waals surface area contributed by atoms with Crippen molar-refractivity contribution in [2.45, 2.75) is 11.3 Å². The lowest BCUT2D eigenvalue weighted by molar-refractivity contribution is 0.142. The maximum Gasteiger partial charge on any atom is 0.281 e. The van der Waals surface area contributed by atoms with Crippen LogP contribution in [0.5, 0.6) is 5.75 Å². The van der Waals surface area contributed by atoms with E-state index in [0.29, 0.717) is 0 Å². The van der Waals surface area contributed by atoms with Crippen molar-refractivity contribution in [2.75, 3.05) is 7.11 Å². The van der Waals surface area contributed by atoms with E-state index in [1.54, 1.807) is 0 Å². The van der Waals surface area contributed by atoms with Crippen LogP contribution in [0.2, 0.25) is 0 Å². The highest BCUT2D eigenvalue weighted by atomic mass is 35.7. The van der Waals surface area contributed by atoms with Gasteiger partial charge >= 0.3 is 0 Å². The minimum Gasteiger partial charge on any atom is -0.494 e. The molecule has 0 aliphatic rings. The number of nitrogens with zero attached hydrogens (tertiary/aromatic N) is 2. The zero-order valence-corrected chi connectivity index (χ0v) is 9.89. The molecular formula is C8H5ClF2N2O3S. The number of hydrogen-bond donors (Lipinski definition) is 0. The summed E-state index contributed by atoms with van der Waals surface area (Å²) in [5, 5.41) is 8.77. The second-order valence-electron chi connectivity index (χ2n) is 2.77. The van der Waals surface area contributed by atoms with E-state index in [1.165, 1.54) is 6.07 Å². The third-order valence-corrected chi connectivity index (χ3v) is 3.17. The fourth-order valence-corrected chi connectivity index (χ4v) is 2.40. The van der Waals surface area contributed by atoms with Crippen LogP contribution in [-0.4, -0.2) is 20.5 Å². The van der Waals surface area contributed by atoms with Gasteiger partial charge in [-0.3, -0.25) is 0 Å². The van der Waals surface area contributed by atoms with Gasteiger partial charge in [0.1, 0.15) is 22.2 Å². The minimum atomic E-state index is -4.53. The predicted octanol–water partition coefficient (Wildman–Crippen LogP) is 1.83. The van der Waals surface area contributed by atoms with Crippen LogP contribution >= 0.6 is 10.7 Å². The van der Waals surface area contributed by atoms with Gasteiger partial charge < -0.3 is 4.74 Å². The quantitative estimate of drug-likeness (QED) is 0.790. The summed E-state index contributed by atoms with van der Waals surface area (Å²) in [4.78, 5) is 2.22. The highest BCUT2D eigenvalue weighted by Crippen LogP contribution is 2.33. The standard InChI is InChI=1S/C8H5ClF2N2O3S/c1-16-5-3-13-6(8(10)11)7(4(5)2-12)17(9,14)15/h3,8H,1H3. The summed E-state index contributed by atoms with van der Waals surface area (Å²) >= 11 is 0. The first-order valence-electron chi connectivity index (χ1n) is 4.02. The smallest absolute Gasteiger partial charge is 0.281 e. The van der Waals surface area contributed by atoms with Crippen LogP contribution in [0.15, 0.2) is 11.1 Å². The largest absolute Gasteiger partial charge is 0.494 e. The molecule has 5 nitrogen and oxygen atoms in total. The topological polar surface area (TPSA) is 80.0 Å². The lowest BCUT2D eigenvalue weighted by Gasteiger charge is -2.09. The van der Waals surface area contributed by atoms with Crippen molar-refractivity contribution in [3.8, 4) is 11.8 Å². The molecule has 0 spiro atoms. The zero-order valence-electron chi connectivity index (χ0n) is 8.32. The Morgan fingerprint density at radius 2 is 2.18 bits per heavy atom. The number of methoxy groups -OCH3 is 1. The fraction of sp³-hybridized carbons (Fsp3) is 0.250.